The minimum absolute atomic E-state index is 0.139. The first-order valence-electron chi connectivity index (χ1n) is 8.85. The van der Waals surface area contributed by atoms with Gasteiger partial charge in [-0.3, -0.25) is 4.79 Å². The quantitative estimate of drug-likeness (QED) is 0.835. The predicted octanol–water partition coefficient (Wildman–Crippen LogP) is 2.51. The van der Waals surface area contributed by atoms with Crippen molar-refractivity contribution >= 4 is 5.91 Å². The lowest BCUT2D eigenvalue weighted by molar-refractivity contribution is -0.140. The number of likely N-dealkylation sites (tertiary alicyclic amines) is 1. The SMILES string of the molecule is O=C(N1CC[C@@]2(CCOC2)C1)C1(c2cccc(F)c2)CCOCC1. The van der Waals surface area contributed by atoms with Crippen molar-refractivity contribution in [2.75, 3.05) is 39.5 Å². The molecule has 3 saturated heterocycles. The van der Waals surface area contributed by atoms with Gasteiger partial charge in [0.25, 0.3) is 0 Å². The maximum absolute atomic E-state index is 13.8. The van der Waals surface area contributed by atoms with Crippen LogP contribution in [-0.2, 0) is 19.7 Å². The Kier molecular flexibility index (Phi) is 4.09. The van der Waals surface area contributed by atoms with Crippen molar-refractivity contribution in [1.82, 2.24) is 4.90 Å². The fourth-order valence-electron chi connectivity index (χ4n) is 4.51. The molecular formula is C19H24FNO3. The highest BCUT2D eigenvalue weighted by Crippen LogP contribution is 2.42. The third kappa shape index (κ3) is 2.64. The van der Waals surface area contributed by atoms with Crippen LogP contribution in [-0.4, -0.2) is 50.3 Å². The average Bonchev–Trinajstić information content (AvgIpc) is 3.25. The van der Waals surface area contributed by atoms with Crippen molar-refractivity contribution in [2.24, 2.45) is 5.41 Å². The largest absolute Gasteiger partial charge is 0.381 e. The third-order valence-corrected chi connectivity index (χ3v) is 6.04. The van der Waals surface area contributed by atoms with Gasteiger partial charge in [0, 0.05) is 38.3 Å². The summed E-state index contributed by atoms with van der Waals surface area (Å²) in [5.74, 6) is -0.145. The van der Waals surface area contributed by atoms with E-state index in [1.807, 2.05) is 11.0 Å². The number of hydrogen-bond acceptors (Lipinski definition) is 3. The van der Waals surface area contributed by atoms with Crippen LogP contribution in [0.25, 0.3) is 0 Å². The van der Waals surface area contributed by atoms with Crippen LogP contribution in [0.1, 0.15) is 31.2 Å². The Balaban J connectivity index is 1.63. The first kappa shape index (κ1) is 16.0. The minimum Gasteiger partial charge on any atom is -0.381 e. The minimum atomic E-state index is -0.647. The van der Waals surface area contributed by atoms with Crippen molar-refractivity contribution in [3.05, 3.63) is 35.6 Å². The van der Waals surface area contributed by atoms with Crippen LogP contribution in [0.15, 0.2) is 24.3 Å². The predicted molar refractivity (Wildman–Crippen MR) is 87.2 cm³/mol. The van der Waals surface area contributed by atoms with Crippen molar-refractivity contribution in [2.45, 2.75) is 31.1 Å². The van der Waals surface area contributed by atoms with Crippen molar-refractivity contribution < 1.29 is 18.7 Å². The van der Waals surface area contributed by atoms with Crippen molar-refractivity contribution in [3.63, 3.8) is 0 Å². The van der Waals surface area contributed by atoms with E-state index in [4.69, 9.17) is 9.47 Å². The maximum atomic E-state index is 13.8. The normalized spacial score (nSPS) is 29.3. The lowest BCUT2D eigenvalue weighted by Crippen LogP contribution is -2.49. The summed E-state index contributed by atoms with van der Waals surface area (Å²) in [7, 11) is 0. The second-order valence-electron chi connectivity index (χ2n) is 7.48. The molecule has 1 atom stereocenters. The van der Waals surface area contributed by atoms with Gasteiger partial charge in [0.2, 0.25) is 5.91 Å². The van der Waals surface area contributed by atoms with Crippen molar-refractivity contribution in [3.8, 4) is 0 Å². The molecular weight excluding hydrogens is 309 g/mol. The fourth-order valence-corrected chi connectivity index (χ4v) is 4.51. The Hall–Kier alpha value is -1.46. The monoisotopic (exact) mass is 333 g/mol. The second-order valence-corrected chi connectivity index (χ2v) is 7.48. The number of rotatable bonds is 2. The molecule has 1 aromatic rings. The lowest BCUT2D eigenvalue weighted by Gasteiger charge is -2.39. The van der Waals surface area contributed by atoms with Gasteiger partial charge in [-0.2, -0.15) is 0 Å². The summed E-state index contributed by atoms with van der Waals surface area (Å²) in [6.07, 6.45) is 3.28. The Morgan fingerprint density at radius 3 is 2.58 bits per heavy atom. The molecule has 0 aliphatic carbocycles. The zero-order chi connectivity index (χ0) is 16.6. The molecule has 0 aromatic heterocycles. The smallest absolute Gasteiger partial charge is 0.233 e. The van der Waals surface area contributed by atoms with Gasteiger partial charge in [-0.1, -0.05) is 12.1 Å². The lowest BCUT2D eigenvalue weighted by atomic mass is 9.73. The number of benzene rings is 1. The summed E-state index contributed by atoms with van der Waals surface area (Å²) in [5, 5.41) is 0. The Labute approximate surface area is 141 Å². The van der Waals surface area contributed by atoms with Gasteiger partial charge in [-0.25, -0.2) is 4.39 Å². The van der Waals surface area contributed by atoms with Crippen LogP contribution in [0, 0.1) is 11.2 Å². The van der Waals surface area contributed by atoms with Crippen LogP contribution in [0.2, 0.25) is 0 Å². The van der Waals surface area contributed by atoms with E-state index in [-0.39, 0.29) is 17.1 Å². The van der Waals surface area contributed by atoms with Crippen LogP contribution in [0.3, 0.4) is 0 Å². The highest BCUT2D eigenvalue weighted by molar-refractivity contribution is 5.88. The van der Waals surface area contributed by atoms with E-state index in [2.05, 4.69) is 0 Å². The van der Waals surface area contributed by atoms with E-state index in [0.717, 1.165) is 44.7 Å². The standard InChI is InChI=1S/C19H24FNO3/c20-16-3-1-2-15(12-16)19(6-10-23-11-7-19)17(22)21-8-4-18(13-21)5-9-24-14-18/h1-3,12H,4-11,13-14H2/t18-/m1/s1. The number of carbonyl (C=O) groups is 1. The third-order valence-electron chi connectivity index (χ3n) is 6.04. The van der Waals surface area contributed by atoms with Gasteiger partial charge in [0.15, 0.2) is 0 Å². The number of ether oxygens (including phenoxy) is 2. The number of halogens is 1. The number of carbonyl (C=O) groups excluding carboxylic acids is 1. The van der Waals surface area contributed by atoms with Crippen LogP contribution >= 0.6 is 0 Å². The first-order valence-corrected chi connectivity index (χ1v) is 8.85. The molecule has 24 heavy (non-hydrogen) atoms. The van der Waals surface area contributed by atoms with Gasteiger partial charge in [0.1, 0.15) is 5.82 Å². The van der Waals surface area contributed by atoms with Gasteiger partial charge in [-0.05, 0) is 43.4 Å². The van der Waals surface area contributed by atoms with E-state index in [9.17, 15) is 9.18 Å². The molecule has 4 nitrogen and oxygen atoms in total. The molecule has 3 aliphatic rings. The maximum Gasteiger partial charge on any atom is 0.233 e. The number of hydrogen-bond donors (Lipinski definition) is 0. The molecule has 3 heterocycles. The van der Waals surface area contributed by atoms with Crippen LogP contribution in [0.4, 0.5) is 4.39 Å². The average molecular weight is 333 g/mol. The topological polar surface area (TPSA) is 38.8 Å². The summed E-state index contributed by atoms with van der Waals surface area (Å²) >= 11 is 0. The summed E-state index contributed by atoms with van der Waals surface area (Å²) < 4.78 is 24.9. The molecule has 5 heteroatoms. The molecule has 0 saturated carbocycles. The molecule has 0 unspecified atom stereocenters. The van der Waals surface area contributed by atoms with Gasteiger partial charge >= 0.3 is 0 Å². The summed E-state index contributed by atoms with van der Waals surface area (Å²) in [5.41, 5.74) is 0.286. The Morgan fingerprint density at radius 2 is 1.88 bits per heavy atom. The number of nitrogens with zero attached hydrogens (tertiary/aromatic N) is 1. The molecule has 4 rings (SSSR count). The summed E-state index contributed by atoms with van der Waals surface area (Å²) in [6, 6.07) is 6.54. The molecule has 130 valence electrons. The molecule has 0 radical (unpaired) electrons. The van der Waals surface area contributed by atoms with Crippen LogP contribution < -0.4 is 0 Å². The fraction of sp³-hybridized carbons (Fsp3) is 0.632. The highest BCUT2D eigenvalue weighted by Gasteiger charge is 2.49. The van der Waals surface area contributed by atoms with E-state index in [1.54, 1.807) is 6.07 Å². The zero-order valence-corrected chi connectivity index (χ0v) is 13.9. The van der Waals surface area contributed by atoms with E-state index >= 15 is 0 Å². The van der Waals surface area contributed by atoms with Gasteiger partial charge in [-0.15, -0.1) is 0 Å². The van der Waals surface area contributed by atoms with Gasteiger partial charge in [0.05, 0.1) is 12.0 Å². The zero-order valence-electron chi connectivity index (χ0n) is 13.9. The molecule has 3 fully saturated rings. The molecule has 3 aliphatic heterocycles. The van der Waals surface area contributed by atoms with E-state index in [1.165, 1.54) is 12.1 Å². The van der Waals surface area contributed by atoms with E-state index < -0.39 is 5.41 Å². The molecule has 1 spiro atoms. The molecule has 1 aromatic carbocycles. The summed E-state index contributed by atoms with van der Waals surface area (Å²) in [6.45, 7) is 4.19. The second kappa shape index (κ2) is 6.12. The Bertz CT molecular complexity index is 621. The van der Waals surface area contributed by atoms with Crippen LogP contribution in [0.5, 0.6) is 0 Å². The molecule has 0 bridgehead atoms. The summed E-state index contributed by atoms with van der Waals surface area (Å²) in [4.78, 5) is 15.5. The van der Waals surface area contributed by atoms with Crippen molar-refractivity contribution in [1.29, 1.82) is 0 Å². The van der Waals surface area contributed by atoms with Gasteiger partial charge < -0.3 is 14.4 Å². The molecule has 0 N–H and O–H groups in total. The number of amides is 1. The Morgan fingerprint density at radius 1 is 1.08 bits per heavy atom. The molecule has 1 amide bonds. The first-order chi connectivity index (χ1) is 11.6. The highest BCUT2D eigenvalue weighted by atomic mass is 19.1. The van der Waals surface area contributed by atoms with E-state index in [0.29, 0.717) is 26.1 Å².